The minimum absolute atomic E-state index is 0.164. The third-order valence-corrected chi connectivity index (χ3v) is 4.03. The number of rotatable bonds is 1. The average molecular weight is 308 g/mol. The molecule has 1 aromatic carbocycles. The van der Waals surface area contributed by atoms with Crippen molar-refractivity contribution < 1.29 is 0 Å². The third-order valence-electron chi connectivity index (χ3n) is 2.70. The highest BCUT2D eigenvalue weighted by Crippen LogP contribution is 2.37. The Labute approximate surface area is 112 Å². The Balaban J connectivity index is 2.01. The molecule has 0 fully saturated rings. The van der Waals surface area contributed by atoms with Gasteiger partial charge in [0, 0.05) is 15.7 Å². The van der Waals surface area contributed by atoms with Gasteiger partial charge in [0.15, 0.2) is 0 Å². The lowest BCUT2D eigenvalue weighted by atomic mass is 10.2. The van der Waals surface area contributed by atoms with Crippen molar-refractivity contribution in [2.75, 3.05) is 4.90 Å². The molecule has 2 aromatic rings. The maximum absolute atomic E-state index is 6.24. The SMILES string of the molecule is N[C@H]1c2ccsc2N=CN1c1cccc(Br)c1. The van der Waals surface area contributed by atoms with Crippen LogP contribution in [0.25, 0.3) is 0 Å². The Bertz CT molecular complexity index is 579. The molecule has 5 heteroatoms. The van der Waals surface area contributed by atoms with E-state index in [0.717, 1.165) is 20.7 Å². The maximum atomic E-state index is 6.24. The van der Waals surface area contributed by atoms with E-state index in [2.05, 4.69) is 20.9 Å². The van der Waals surface area contributed by atoms with Crippen molar-refractivity contribution >= 4 is 44.3 Å². The Kier molecular flexibility index (Phi) is 2.74. The molecule has 0 aliphatic carbocycles. The van der Waals surface area contributed by atoms with Gasteiger partial charge in [-0.15, -0.1) is 11.3 Å². The van der Waals surface area contributed by atoms with Crippen molar-refractivity contribution in [1.29, 1.82) is 0 Å². The van der Waals surface area contributed by atoms with Gasteiger partial charge in [-0.05, 0) is 29.6 Å². The topological polar surface area (TPSA) is 41.6 Å². The minimum Gasteiger partial charge on any atom is -0.312 e. The maximum Gasteiger partial charge on any atom is 0.124 e. The number of halogens is 1. The Morgan fingerprint density at radius 1 is 1.35 bits per heavy atom. The van der Waals surface area contributed by atoms with Crippen molar-refractivity contribution in [2.45, 2.75) is 6.17 Å². The van der Waals surface area contributed by atoms with Gasteiger partial charge in [0.1, 0.15) is 11.2 Å². The van der Waals surface area contributed by atoms with Crippen LogP contribution in [0.4, 0.5) is 10.7 Å². The van der Waals surface area contributed by atoms with E-state index in [1.165, 1.54) is 0 Å². The highest BCUT2D eigenvalue weighted by atomic mass is 79.9. The average Bonchev–Trinajstić information content (AvgIpc) is 2.78. The number of hydrogen-bond donors (Lipinski definition) is 1. The summed E-state index contributed by atoms with van der Waals surface area (Å²) in [4.78, 5) is 6.39. The molecule has 1 atom stereocenters. The summed E-state index contributed by atoms with van der Waals surface area (Å²) in [7, 11) is 0. The summed E-state index contributed by atoms with van der Waals surface area (Å²) < 4.78 is 1.03. The van der Waals surface area contributed by atoms with Crippen molar-refractivity contribution in [2.24, 2.45) is 10.7 Å². The smallest absolute Gasteiger partial charge is 0.124 e. The van der Waals surface area contributed by atoms with Crippen LogP contribution in [0.3, 0.4) is 0 Å². The van der Waals surface area contributed by atoms with Crippen LogP contribution in [0.5, 0.6) is 0 Å². The van der Waals surface area contributed by atoms with Gasteiger partial charge in [-0.25, -0.2) is 4.99 Å². The molecule has 1 aliphatic rings. The quantitative estimate of drug-likeness (QED) is 0.874. The second-order valence-electron chi connectivity index (χ2n) is 3.76. The molecule has 0 spiro atoms. The van der Waals surface area contributed by atoms with Crippen LogP contribution in [0.2, 0.25) is 0 Å². The first-order valence-electron chi connectivity index (χ1n) is 5.17. The zero-order chi connectivity index (χ0) is 11.8. The van der Waals surface area contributed by atoms with Gasteiger partial charge >= 0.3 is 0 Å². The van der Waals surface area contributed by atoms with Gasteiger partial charge in [0.2, 0.25) is 0 Å². The molecular weight excluding hydrogens is 298 g/mol. The molecule has 3 nitrogen and oxygen atoms in total. The number of nitrogens with two attached hydrogens (primary N) is 1. The van der Waals surface area contributed by atoms with E-state index in [9.17, 15) is 0 Å². The van der Waals surface area contributed by atoms with Gasteiger partial charge < -0.3 is 10.6 Å². The van der Waals surface area contributed by atoms with E-state index in [0.29, 0.717) is 0 Å². The molecule has 0 saturated carbocycles. The van der Waals surface area contributed by atoms with Gasteiger partial charge in [-0.2, -0.15) is 0 Å². The van der Waals surface area contributed by atoms with Crippen molar-refractivity contribution in [3.63, 3.8) is 0 Å². The van der Waals surface area contributed by atoms with Gasteiger partial charge in [0.05, 0.1) is 6.34 Å². The van der Waals surface area contributed by atoms with Crippen LogP contribution in [0.1, 0.15) is 11.7 Å². The first kappa shape index (κ1) is 11.0. The Morgan fingerprint density at radius 2 is 2.24 bits per heavy atom. The molecule has 2 heterocycles. The molecular formula is C12H10BrN3S. The van der Waals surface area contributed by atoms with Crippen LogP contribution >= 0.6 is 27.3 Å². The summed E-state index contributed by atoms with van der Waals surface area (Å²) in [5.74, 6) is 0. The van der Waals surface area contributed by atoms with Gasteiger partial charge in [-0.3, -0.25) is 0 Å². The molecule has 17 heavy (non-hydrogen) atoms. The molecule has 1 aliphatic heterocycles. The highest BCUT2D eigenvalue weighted by Gasteiger charge is 2.22. The summed E-state index contributed by atoms with van der Waals surface area (Å²) in [6.45, 7) is 0. The van der Waals surface area contributed by atoms with Crippen LogP contribution in [-0.2, 0) is 0 Å². The third kappa shape index (κ3) is 1.90. The summed E-state index contributed by atoms with van der Waals surface area (Å²) in [5, 5.41) is 3.02. The first-order valence-corrected chi connectivity index (χ1v) is 6.84. The summed E-state index contributed by atoms with van der Waals surface area (Å²) in [6.07, 6.45) is 1.63. The Hall–Kier alpha value is -1.17. The number of thiophene rings is 1. The molecule has 0 bridgehead atoms. The van der Waals surface area contributed by atoms with Crippen LogP contribution < -0.4 is 10.6 Å². The molecule has 3 rings (SSSR count). The number of hydrogen-bond acceptors (Lipinski definition) is 4. The monoisotopic (exact) mass is 307 g/mol. The van der Waals surface area contributed by atoms with E-state index in [-0.39, 0.29) is 6.17 Å². The molecule has 0 unspecified atom stereocenters. The number of fused-ring (bicyclic) bond motifs is 1. The molecule has 1 aromatic heterocycles. The largest absolute Gasteiger partial charge is 0.312 e. The van der Waals surface area contributed by atoms with E-state index in [1.807, 2.05) is 40.6 Å². The second-order valence-corrected chi connectivity index (χ2v) is 5.57. The van der Waals surface area contributed by atoms with Crippen molar-refractivity contribution in [3.8, 4) is 0 Å². The number of anilines is 1. The fraction of sp³-hybridized carbons (Fsp3) is 0.0833. The van der Waals surface area contributed by atoms with Gasteiger partial charge in [-0.1, -0.05) is 22.0 Å². The van der Waals surface area contributed by atoms with E-state index < -0.39 is 0 Å². The first-order chi connectivity index (χ1) is 8.25. The predicted octanol–water partition coefficient (Wildman–Crippen LogP) is 3.65. The van der Waals surface area contributed by atoms with E-state index in [4.69, 9.17) is 5.73 Å². The van der Waals surface area contributed by atoms with Crippen molar-refractivity contribution in [3.05, 3.63) is 45.7 Å². The molecule has 0 radical (unpaired) electrons. The van der Waals surface area contributed by atoms with Gasteiger partial charge in [0.25, 0.3) is 0 Å². The standard InChI is InChI=1S/C12H10BrN3S/c13-8-2-1-3-9(6-8)16-7-15-12-10(11(16)14)4-5-17-12/h1-7,11H,14H2/t11-/m1/s1. The number of aliphatic imine (C=N–C) groups is 1. The zero-order valence-corrected chi connectivity index (χ0v) is 11.3. The lowest BCUT2D eigenvalue weighted by Gasteiger charge is -2.29. The normalized spacial score (nSPS) is 18.2. The van der Waals surface area contributed by atoms with Crippen LogP contribution in [0.15, 0.2) is 45.2 Å². The number of nitrogens with zero attached hydrogens (tertiary/aromatic N) is 2. The van der Waals surface area contributed by atoms with Crippen LogP contribution in [0, 0.1) is 0 Å². The lowest BCUT2D eigenvalue weighted by Crippen LogP contribution is -2.34. The van der Waals surface area contributed by atoms with E-state index in [1.54, 1.807) is 17.7 Å². The highest BCUT2D eigenvalue weighted by molar-refractivity contribution is 9.10. The summed E-state index contributed by atoms with van der Waals surface area (Å²) in [6, 6.07) is 10.1. The van der Waals surface area contributed by atoms with Crippen LogP contribution in [-0.4, -0.2) is 6.34 Å². The zero-order valence-electron chi connectivity index (χ0n) is 8.88. The molecule has 0 amide bonds. The fourth-order valence-electron chi connectivity index (χ4n) is 1.84. The Morgan fingerprint density at radius 3 is 3.06 bits per heavy atom. The van der Waals surface area contributed by atoms with Crippen molar-refractivity contribution in [1.82, 2.24) is 0 Å². The lowest BCUT2D eigenvalue weighted by molar-refractivity contribution is 0.754. The molecule has 0 saturated heterocycles. The van der Waals surface area contributed by atoms with E-state index >= 15 is 0 Å². The minimum atomic E-state index is -0.164. The number of benzene rings is 1. The molecule has 2 N–H and O–H groups in total. The predicted molar refractivity (Wildman–Crippen MR) is 76.0 cm³/mol. The molecule has 86 valence electrons. The fourth-order valence-corrected chi connectivity index (χ4v) is 3.01. The second kappa shape index (κ2) is 4.25. The summed E-state index contributed by atoms with van der Waals surface area (Å²) >= 11 is 5.08. The summed E-state index contributed by atoms with van der Waals surface area (Å²) in [5.41, 5.74) is 8.36.